The van der Waals surface area contributed by atoms with Gasteiger partial charge in [-0.1, -0.05) is 30.3 Å². The summed E-state index contributed by atoms with van der Waals surface area (Å²) in [6.07, 6.45) is 1.96. The molecule has 0 atom stereocenters. The molecule has 50 heavy (non-hydrogen) atoms. The number of nitrogens with one attached hydrogen (secondary N) is 3. The predicted octanol–water partition coefficient (Wildman–Crippen LogP) is 5.17. The minimum absolute atomic E-state index is 0.111. The quantitative estimate of drug-likeness (QED) is 0.170. The molecule has 1 saturated heterocycles. The van der Waals surface area contributed by atoms with Gasteiger partial charge in [0.05, 0.1) is 39.9 Å². The Morgan fingerprint density at radius 3 is 2.16 bits per heavy atom. The summed E-state index contributed by atoms with van der Waals surface area (Å²) in [5, 5.41) is 17.9. The van der Waals surface area contributed by atoms with Crippen LogP contribution in [0.4, 0.5) is 21.0 Å². The van der Waals surface area contributed by atoms with Gasteiger partial charge in [-0.15, -0.1) is 0 Å². The molecule has 0 radical (unpaired) electrons. The molecule has 0 bridgehead atoms. The van der Waals surface area contributed by atoms with Crippen LogP contribution in [0.5, 0.6) is 17.2 Å². The number of hydrogen-bond donors (Lipinski definition) is 4. The molecule has 4 rings (SSSR count). The van der Waals surface area contributed by atoms with Crippen molar-refractivity contribution >= 4 is 35.3 Å². The summed E-state index contributed by atoms with van der Waals surface area (Å²) in [4.78, 5) is 53.6. The fourth-order valence-electron chi connectivity index (χ4n) is 5.81. The highest BCUT2D eigenvalue weighted by Crippen LogP contribution is 2.29. The number of likely N-dealkylation sites (tertiary alicyclic amines) is 1. The average molecular weight is 690 g/mol. The van der Waals surface area contributed by atoms with E-state index in [4.69, 9.17) is 14.2 Å². The number of methoxy groups -OCH3 is 3. The van der Waals surface area contributed by atoms with E-state index in [2.05, 4.69) is 16.0 Å². The van der Waals surface area contributed by atoms with Crippen molar-refractivity contribution in [2.45, 2.75) is 39.0 Å². The normalized spacial score (nSPS) is 12.8. The lowest BCUT2D eigenvalue weighted by Crippen LogP contribution is -2.48. The van der Waals surface area contributed by atoms with E-state index < -0.39 is 12.0 Å². The smallest absolute Gasteiger partial charge is 0.323 e. The molecule has 3 aromatic carbocycles. The van der Waals surface area contributed by atoms with Gasteiger partial charge >= 0.3 is 18.0 Å². The number of amides is 5. The van der Waals surface area contributed by atoms with Gasteiger partial charge in [-0.25, -0.2) is 9.59 Å². The van der Waals surface area contributed by atoms with Gasteiger partial charge in [-0.2, -0.15) is 0 Å². The molecule has 268 valence electrons. The van der Waals surface area contributed by atoms with Crippen LogP contribution in [0.1, 0.15) is 36.0 Å². The summed E-state index contributed by atoms with van der Waals surface area (Å²) in [6.45, 7) is 3.90. The van der Waals surface area contributed by atoms with Crippen LogP contribution in [0.15, 0.2) is 60.7 Å². The van der Waals surface area contributed by atoms with E-state index in [-0.39, 0.29) is 37.2 Å². The average Bonchev–Trinajstić information content (AvgIpc) is 3.12. The van der Waals surface area contributed by atoms with Crippen molar-refractivity contribution in [3.63, 3.8) is 0 Å². The van der Waals surface area contributed by atoms with Crippen LogP contribution in [0.2, 0.25) is 0 Å². The number of aliphatic carboxylic acids is 1. The molecule has 1 aliphatic heterocycles. The molecule has 13 heteroatoms. The number of benzene rings is 3. The van der Waals surface area contributed by atoms with Crippen molar-refractivity contribution in [2.75, 3.05) is 64.7 Å². The van der Waals surface area contributed by atoms with Crippen LogP contribution in [0.3, 0.4) is 0 Å². The highest BCUT2D eigenvalue weighted by Gasteiger charge is 2.27. The largest absolute Gasteiger partial charge is 0.495 e. The first-order chi connectivity index (χ1) is 24.1. The van der Waals surface area contributed by atoms with Crippen molar-refractivity contribution < 1.29 is 38.5 Å². The number of aryl methyl sites for hydroxylation is 1. The van der Waals surface area contributed by atoms with Crippen LogP contribution >= 0.6 is 0 Å². The Labute approximate surface area is 292 Å². The molecule has 0 aliphatic carbocycles. The molecule has 4 N–H and O–H groups in total. The van der Waals surface area contributed by atoms with Gasteiger partial charge in [0.15, 0.2) is 11.5 Å². The molecule has 0 aromatic heterocycles. The summed E-state index contributed by atoms with van der Waals surface area (Å²) in [5.74, 6) is 0.740. The van der Waals surface area contributed by atoms with E-state index >= 15 is 0 Å². The van der Waals surface area contributed by atoms with Gasteiger partial charge < -0.3 is 45.1 Å². The first-order valence-electron chi connectivity index (χ1n) is 16.6. The number of piperidine rings is 1. The van der Waals surface area contributed by atoms with Crippen LogP contribution in [0.25, 0.3) is 0 Å². The summed E-state index contributed by atoms with van der Waals surface area (Å²) in [7, 11) is 4.63. The van der Waals surface area contributed by atoms with Crippen molar-refractivity contribution in [2.24, 2.45) is 5.92 Å². The minimum Gasteiger partial charge on any atom is -0.495 e. The van der Waals surface area contributed by atoms with Gasteiger partial charge in [-0.3, -0.25) is 9.59 Å². The molecule has 0 saturated carbocycles. The van der Waals surface area contributed by atoms with E-state index in [1.165, 1.54) is 7.11 Å². The Bertz CT molecular complexity index is 1640. The number of urea groups is 2. The number of anilines is 2. The van der Waals surface area contributed by atoms with Crippen LogP contribution in [0, 0.1) is 12.8 Å². The van der Waals surface area contributed by atoms with Gasteiger partial charge in [0.1, 0.15) is 5.75 Å². The van der Waals surface area contributed by atoms with Gasteiger partial charge in [0, 0.05) is 38.4 Å². The first-order valence-corrected chi connectivity index (χ1v) is 16.6. The van der Waals surface area contributed by atoms with E-state index in [9.17, 15) is 24.3 Å². The molecule has 0 spiro atoms. The third kappa shape index (κ3) is 10.8. The maximum atomic E-state index is 13.5. The maximum absolute atomic E-state index is 13.5. The van der Waals surface area contributed by atoms with Crippen molar-refractivity contribution in [1.29, 1.82) is 0 Å². The molecule has 1 fully saturated rings. The van der Waals surface area contributed by atoms with Gasteiger partial charge in [0.25, 0.3) is 0 Å². The Balaban J connectivity index is 1.24. The zero-order valence-corrected chi connectivity index (χ0v) is 29.1. The van der Waals surface area contributed by atoms with Gasteiger partial charge in [-0.05, 0) is 79.1 Å². The third-order valence-electron chi connectivity index (χ3n) is 8.73. The van der Waals surface area contributed by atoms with E-state index in [1.807, 2.05) is 49.4 Å². The summed E-state index contributed by atoms with van der Waals surface area (Å²) in [5.41, 5.74) is 3.80. The molecule has 0 unspecified atom stereocenters. The van der Waals surface area contributed by atoms with Crippen LogP contribution in [-0.2, 0) is 22.4 Å². The Kier molecular flexibility index (Phi) is 13.7. The fourth-order valence-corrected chi connectivity index (χ4v) is 5.81. The lowest BCUT2D eigenvalue weighted by molar-refractivity contribution is -0.137. The van der Waals surface area contributed by atoms with Crippen molar-refractivity contribution in [1.82, 2.24) is 15.1 Å². The highest BCUT2D eigenvalue weighted by molar-refractivity contribution is 6.01. The molecular weight excluding hydrogens is 642 g/mol. The van der Waals surface area contributed by atoms with E-state index in [1.54, 1.807) is 42.2 Å². The Morgan fingerprint density at radius 2 is 1.48 bits per heavy atom. The van der Waals surface area contributed by atoms with E-state index in [0.717, 1.165) is 16.7 Å². The minimum atomic E-state index is -0.962. The number of rotatable bonds is 15. The number of carbonyl (C=O) groups is 4. The summed E-state index contributed by atoms with van der Waals surface area (Å²) in [6, 6.07) is 17.7. The van der Waals surface area contributed by atoms with Crippen molar-refractivity contribution in [3.05, 3.63) is 77.4 Å². The number of para-hydroxylation sites is 1. The van der Waals surface area contributed by atoms with E-state index in [0.29, 0.717) is 74.1 Å². The molecule has 1 aliphatic rings. The maximum Gasteiger partial charge on any atom is 0.323 e. The third-order valence-corrected chi connectivity index (χ3v) is 8.73. The molecular formula is C37H47N5O8. The number of carboxylic acids is 1. The monoisotopic (exact) mass is 689 g/mol. The molecule has 13 nitrogen and oxygen atoms in total. The summed E-state index contributed by atoms with van der Waals surface area (Å²) >= 11 is 0. The van der Waals surface area contributed by atoms with Gasteiger partial charge in [0.2, 0.25) is 5.91 Å². The lowest BCUT2D eigenvalue weighted by atomic mass is 9.97. The second-order valence-corrected chi connectivity index (χ2v) is 12.2. The van der Waals surface area contributed by atoms with Crippen LogP contribution in [-0.4, -0.2) is 92.9 Å². The standard InChI is InChI=1S/C37H47N5O8/c1-25-7-5-6-8-29(25)39-36(46)40-30-11-9-28(22-32(30)49-3)23-34(43)38-24-27-14-18-41(19-15-27)37(47)42(20-16-35(44)45)17-13-26-10-12-31(48-2)33(21-26)50-4/h5-12,21-22,27H,13-20,23-24H2,1-4H3,(H,38,43)(H,44,45)(H2,39,40,46). The molecule has 3 aromatic rings. The second-order valence-electron chi connectivity index (χ2n) is 12.2. The van der Waals surface area contributed by atoms with Crippen LogP contribution < -0.4 is 30.2 Å². The molecule has 5 amide bonds. The van der Waals surface area contributed by atoms with Crippen molar-refractivity contribution in [3.8, 4) is 17.2 Å². The Morgan fingerprint density at radius 1 is 0.820 bits per heavy atom. The Hall–Kier alpha value is -5.46. The number of hydrogen-bond acceptors (Lipinski definition) is 7. The zero-order valence-electron chi connectivity index (χ0n) is 29.1. The number of carbonyl (C=O) groups excluding carboxylic acids is 3. The first kappa shape index (κ1) is 37.4. The lowest BCUT2D eigenvalue weighted by Gasteiger charge is -2.36. The number of carboxylic acid groups (broad SMARTS) is 1. The zero-order chi connectivity index (χ0) is 36.0. The highest BCUT2D eigenvalue weighted by atomic mass is 16.5. The topological polar surface area (TPSA) is 159 Å². The summed E-state index contributed by atoms with van der Waals surface area (Å²) < 4.78 is 16.2. The predicted molar refractivity (Wildman–Crippen MR) is 190 cm³/mol. The number of nitrogens with zero attached hydrogens (tertiary/aromatic N) is 2. The SMILES string of the molecule is COc1cc(CC(=O)NCC2CCN(C(=O)N(CCC(=O)O)CCc3ccc(OC)c(OC)c3)CC2)ccc1NC(=O)Nc1ccccc1C. The number of ether oxygens (including phenoxy) is 3. The fraction of sp³-hybridized carbons (Fsp3) is 0.405. The molecule has 1 heterocycles. The second kappa shape index (κ2) is 18.3.